The molecule has 3 aromatic carbocycles. The minimum Gasteiger partial charge on any atom is -0.495 e. The first-order chi connectivity index (χ1) is 21.3. The fourth-order valence-electron chi connectivity index (χ4n) is 3.42. The zero-order valence-electron chi connectivity index (χ0n) is 26.4. The van der Waals surface area contributed by atoms with Crippen LogP contribution in [-0.4, -0.2) is 69.0 Å². The number of hydrogen-bond acceptors (Lipinski definition) is 11. The van der Waals surface area contributed by atoms with Crippen LogP contribution in [0.3, 0.4) is 0 Å². The highest BCUT2D eigenvalue weighted by molar-refractivity contribution is 9.11. The van der Waals surface area contributed by atoms with Crippen molar-refractivity contribution in [1.29, 1.82) is 0 Å². The van der Waals surface area contributed by atoms with Crippen molar-refractivity contribution < 1.29 is 50.9 Å². The van der Waals surface area contributed by atoms with Crippen LogP contribution in [0.5, 0.6) is 34.5 Å². The van der Waals surface area contributed by atoms with E-state index in [0.717, 1.165) is 37.8 Å². The van der Waals surface area contributed by atoms with Crippen LogP contribution in [0.4, 0.5) is 0 Å². The van der Waals surface area contributed by atoms with Crippen molar-refractivity contribution in [2.24, 2.45) is 0 Å². The first kappa shape index (κ1) is 40.8. The van der Waals surface area contributed by atoms with E-state index in [2.05, 4.69) is 47.8 Å². The zero-order valence-corrected chi connectivity index (χ0v) is 31.9. The van der Waals surface area contributed by atoms with Gasteiger partial charge in [0, 0.05) is 6.61 Å². The molecule has 252 valence electrons. The molecular weight excluding hydrogens is 808 g/mol. The lowest BCUT2D eigenvalue weighted by molar-refractivity contribution is 0.133. The molecular formula is C30H39Br3O11S. The highest BCUT2D eigenvalue weighted by atomic mass is 79.9. The van der Waals surface area contributed by atoms with Gasteiger partial charge in [-0.25, -0.2) is 0 Å². The summed E-state index contributed by atoms with van der Waals surface area (Å²) in [5, 5.41) is 8.94. The van der Waals surface area contributed by atoms with E-state index in [-0.39, 0.29) is 13.2 Å². The van der Waals surface area contributed by atoms with Crippen molar-refractivity contribution in [1.82, 2.24) is 0 Å². The summed E-state index contributed by atoms with van der Waals surface area (Å²) < 4.78 is 65.0. The Morgan fingerprint density at radius 3 is 1.11 bits per heavy atom. The van der Waals surface area contributed by atoms with E-state index in [9.17, 15) is 8.42 Å². The van der Waals surface area contributed by atoms with Crippen molar-refractivity contribution in [3.63, 3.8) is 0 Å². The van der Waals surface area contributed by atoms with Gasteiger partial charge in [-0.05, 0) is 108 Å². The summed E-state index contributed by atoms with van der Waals surface area (Å²) >= 11 is 10.1. The second-order valence-corrected chi connectivity index (χ2v) is 12.7. The summed E-state index contributed by atoms with van der Waals surface area (Å²) in [4.78, 5) is 0. The van der Waals surface area contributed by atoms with Gasteiger partial charge in [0.25, 0.3) is 10.1 Å². The molecule has 0 fully saturated rings. The molecule has 0 unspecified atom stereocenters. The molecule has 3 rings (SSSR count). The van der Waals surface area contributed by atoms with Crippen molar-refractivity contribution in [2.75, 3.05) is 55.5 Å². The van der Waals surface area contributed by atoms with Gasteiger partial charge in [-0.3, -0.25) is 4.18 Å². The predicted molar refractivity (Wildman–Crippen MR) is 183 cm³/mol. The van der Waals surface area contributed by atoms with Crippen LogP contribution >= 0.6 is 47.8 Å². The number of ether oxygens (including phenoxy) is 7. The molecule has 15 heteroatoms. The predicted octanol–water partition coefficient (Wildman–Crippen LogP) is 6.90. The normalized spacial score (nSPS) is 10.5. The van der Waals surface area contributed by atoms with Crippen LogP contribution in [0.15, 0.2) is 49.8 Å². The molecule has 0 aliphatic rings. The minimum atomic E-state index is -3.46. The Kier molecular flexibility index (Phi) is 18.8. The molecule has 0 atom stereocenters. The molecule has 0 saturated heterocycles. The van der Waals surface area contributed by atoms with Gasteiger partial charge in [0.2, 0.25) is 0 Å². The van der Waals surface area contributed by atoms with E-state index in [1.807, 2.05) is 19.1 Å². The van der Waals surface area contributed by atoms with Gasteiger partial charge in [-0.1, -0.05) is 0 Å². The van der Waals surface area contributed by atoms with Gasteiger partial charge in [0.05, 0.1) is 68.7 Å². The quantitative estimate of drug-likeness (QED) is 0.181. The first-order valence-electron chi connectivity index (χ1n) is 13.1. The molecule has 0 aliphatic carbocycles. The molecule has 3 aromatic rings. The van der Waals surface area contributed by atoms with Gasteiger partial charge < -0.3 is 38.3 Å². The lowest BCUT2D eigenvalue weighted by Gasteiger charge is -2.11. The second kappa shape index (κ2) is 20.8. The molecule has 11 nitrogen and oxygen atoms in total. The van der Waals surface area contributed by atoms with E-state index in [4.69, 9.17) is 42.4 Å². The van der Waals surface area contributed by atoms with E-state index in [1.165, 1.54) is 14.2 Å². The van der Waals surface area contributed by atoms with Crippen molar-refractivity contribution in [3.8, 4) is 34.5 Å². The molecule has 0 heterocycles. The van der Waals surface area contributed by atoms with Crippen LogP contribution in [0, 0.1) is 0 Å². The number of aliphatic hydroxyl groups is 1. The molecule has 0 aromatic heterocycles. The number of hydrogen-bond donors (Lipinski definition) is 1. The third-order valence-electron chi connectivity index (χ3n) is 5.61. The Morgan fingerprint density at radius 2 is 0.867 bits per heavy atom. The average Bonchev–Trinajstić information content (AvgIpc) is 3.03. The minimum absolute atomic E-state index is 0.0278. The number of rotatable bonds is 13. The maximum Gasteiger partial charge on any atom is 0.264 e. The second-order valence-electron chi connectivity index (χ2n) is 8.70. The highest BCUT2D eigenvalue weighted by Gasteiger charge is 2.12. The standard InChI is InChI=1S/C11H15BrO3.C10H13BrO5S.C9H11BrO3/c1-4-15-7-8-5-9(13-2)11(12)10(6-8)14-3;1-14-8-4-7(6-16-17(3,12)13)5-9(15-2)10(8)11;1-12-7-3-6(5-11)4-8(13-2)9(7)10/h5-6H,4,7H2,1-3H3;4-5H,6H2,1-3H3;3-4,11H,5H2,1-2H3. The molecule has 0 radical (unpaired) electrons. The summed E-state index contributed by atoms with van der Waals surface area (Å²) in [6.07, 6.45) is 1.00. The van der Waals surface area contributed by atoms with Crippen LogP contribution in [0.25, 0.3) is 0 Å². The maximum absolute atomic E-state index is 10.9. The molecule has 0 bridgehead atoms. The summed E-state index contributed by atoms with van der Waals surface area (Å²) in [5.74, 6) is 3.92. The monoisotopic (exact) mass is 844 g/mol. The van der Waals surface area contributed by atoms with Crippen molar-refractivity contribution >= 4 is 57.9 Å². The Balaban J connectivity index is 0.000000341. The fourth-order valence-corrected chi connectivity index (χ4v) is 5.43. The highest BCUT2D eigenvalue weighted by Crippen LogP contribution is 2.37. The Bertz CT molecular complexity index is 1390. The van der Waals surface area contributed by atoms with E-state index in [1.54, 1.807) is 52.7 Å². The summed E-state index contributed by atoms with van der Waals surface area (Å²) in [6, 6.07) is 10.7. The molecule has 0 saturated carbocycles. The first-order valence-corrected chi connectivity index (χ1v) is 17.3. The lowest BCUT2D eigenvalue weighted by atomic mass is 10.2. The average molecular weight is 847 g/mol. The zero-order chi connectivity index (χ0) is 34.2. The number of halogens is 3. The molecule has 1 N–H and O–H groups in total. The molecule has 0 aliphatic heterocycles. The summed E-state index contributed by atoms with van der Waals surface area (Å²) in [6.45, 7) is 3.14. The van der Waals surface area contributed by atoms with Gasteiger partial charge in [-0.2, -0.15) is 8.42 Å². The number of aliphatic hydroxyl groups excluding tert-OH is 1. The van der Waals surface area contributed by atoms with Gasteiger partial charge in [-0.15, -0.1) is 0 Å². The molecule has 45 heavy (non-hydrogen) atoms. The third kappa shape index (κ3) is 13.5. The van der Waals surface area contributed by atoms with Gasteiger partial charge in [0.1, 0.15) is 47.9 Å². The van der Waals surface area contributed by atoms with E-state index in [0.29, 0.717) is 46.2 Å². The van der Waals surface area contributed by atoms with Crippen molar-refractivity contribution in [3.05, 3.63) is 66.5 Å². The van der Waals surface area contributed by atoms with Crippen LogP contribution < -0.4 is 28.4 Å². The Hall–Kier alpha value is -2.27. The molecule has 0 amide bonds. The van der Waals surface area contributed by atoms with E-state index < -0.39 is 10.1 Å². The van der Waals surface area contributed by atoms with Crippen LogP contribution in [-0.2, 0) is 38.9 Å². The van der Waals surface area contributed by atoms with Crippen LogP contribution in [0.1, 0.15) is 23.6 Å². The summed E-state index contributed by atoms with van der Waals surface area (Å²) in [7, 11) is 5.96. The van der Waals surface area contributed by atoms with Crippen LogP contribution in [0.2, 0.25) is 0 Å². The maximum atomic E-state index is 10.9. The van der Waals surface area contributed by atoms with Gasteiger partial charge >= 0.3 is 0 Å². The van der Waals surface area contributed by atoms with Crippen molar-refractivity contribution in [2.45, 2.75) is 26.7 Å². The Labute approximate surface area is 290 Å². The largest absolute Gasteiger partial charge is 0.495 e. The Morgan fingerprint density at radius 1 is 0.578 bits per heavy atom. The van der Waals surface area contributed by atoms with Gasteiger partial charge in [0.15, 0.2) is 0 Å². The topological polar surface area (TPSA) is 128 Å². The lowest BCUT2D eigenvalue weighted by Crippen LogP contribution is -2.03. The van der Waals surface area contributed by atoms with E-state index >= 15 is 0 Å². The SMILES string of the molecule is CCOCc1cc(OC)c(Br)c(OC)c1.COc1cc(CO)cc(OC)c1Br.COc1cc(COS(C)(=O)=O)cc(OC)c1Br. The third-order valence-corrected chi connectivity index (χ3v) is 8.50. The summed E-state index contributed by atoms with van der Waals surface area (Å²) in [5.41, 5.74) is 2.44. The molecule has 0 spiro atoms. The number of methoxy groups -OCH3 is 6. The fraction of sp³-hybridized carbons (Fsp3) is 0.400. The smallest absolute Gasteiger partial charge is 0.264 e. The number of benzene rings is 3.